The minimum absolute atomic E-state index is 0.0640. The number of alkyl halides is 3. The van der Waals surface area contributed by atoms with Crippen LogP contribution in [-0.4, -0.2) is 37.4 Å². The smallest absolute Gasteiger partial charge is 0.475 e. The Balaban J connectivity index is 0.000000406. The number of halogens is 3. The van der Waals surface area contributed by atoms with Crippen molar-refractivity contribution in [2.24, 2.45) is 0 Å². The highest BCUT2D eigenvalue weighted by Gasteiger charge is 2.38. The zero-order chi connectivity index (χ0) is 24.9. The van der Waals surface area contributed by atoms with Crippen molar-refractivity contribution >= 4 is 39.6 Å². The molecular formula is C23H21F3N4O3S. The molecule has 0 amide bonds. The molecule has 11 heteroatoms. The molecule has 1 aromatic carbocycles. The summed E-state index contributed by atoms with van der Waals surface area (Å²) in [7, 11) is 0. The Hall–Kier alpha value is -3.73. The molecule has 0 saturated heterocycles. The third-order valence-corrected chi connectivity index (χ3v) is 5.38. The number of benzene rings is 1. The second-order valence-corrected chi connectivity index (χ2v) is 8.04. The number of fused-ring (bicyclic) bond motifs is 1. The largest absolute Gasteiger partial charge is 0.490 e. The zero-order valence-electron chi connectivity index (χ0n) is 18.3. The van der Waals surface area contributed by atoms with Gasteiger partial charge < -0.3 is 10.4 Å². The quantitative estimate of drug-likeness (QED) is 0.322. The second kappa shape index (κ2) is 10.5. The number of carboxylic acid groups (broad SMARTS) is 1. The van der Waals surface area contributed by atoms with Crippen LogP contribution in [0.5, 0.6) is 0 Å². The highest BCUT2D eigenvalue weighted by molar-refractivity contribution is 7.14. The van der Waals surface area contributed by atoms with E-state index in [4.69, 9.17) is 19.9 Å². The standard InChI is InChI=1S/C21H20N4OS.C2HF3O2/c1-3-6-17-20(25-12-5-4-7-19(25)23-17)18-13-27-21(24-18)22-16-10-8-15(9-11-16)14(2)26;3-2(4,5)1(6)7/h4-5,7-13H,3,6H2,1-2H3,(H,22,24);(H,6,7). The number of aryl methyl sites for hydroxylation is 1. The average molecular weight is 491 g/mol. The van der Waals surface area contributed by atoms with Gasteiger partial charge in [-0.15, -0.1) is 11.3 Å². The molecule has 0 aliphatic carbocycles. The van der Waals surface area contributed by atoms with Crippen molar-refractivity contribution < 1.29 is 27.9 Å². The first-order chi connectivity index (χ1) is 16.1. The fraction of sp³-hybridized carbons (Fsp3) is 0.217. The van der Waals surface area contributed by atoms with Gasteiger partial charge in [0.15, 0.2) is 10.9 Å². The number of anilines is 2. The van der Waals surface area contributed by atoms with Gasteiger partial charge in [-0.1, -0.05) is 19.4 Å². The number of nitrogens with zero attached hydrogens (tertiary/aromatic N) is 3. The molecule has 0 aliphatic heterocycles. The van der Waals surface area contributed by atoms with Gasteiger partial charge in [-0.25, -0.2) is 14.8 Å². The van der Waals surface area contributed by atoms with E-state index in [9.17, 15) is 18.0 Å². The van der Waals surface area contributed by atoms with Gasteiger partial charge in [0.05, 0.1) is 11.4 Å². The van der Waals surface area contributed by atoms with E-state index in [1.54, 1.807) is 18.3 Å². The number of carboxylic acids is 1. The Bertz CT molecular complexity index is 1300. The minimum Gasteiger partial charge on any atom is -0.475 e. The lowest BCUT2D eigenvalue weighted by molar-refractivity contribution is -0.192. The van der Waals surface area contributed by atoms with Crippen LogP contribution in [0.15, 0.2) is 54.0 Å². The number of thiazole rings is 1. The number of nitrogens with one attached hydrogen (secondary N) is 1. The first-order valence-corrected chi connectivity index (χ1v) is 11.1. The molecule has 34 heavy (non-hydrogen) atoms. The number of carbonyl (C=O) groups excluding carboxylic acids is 1. The van der Waals surface area contributed by atoms with Crippen LogP contribution in [0.4, 0.5) is 24.0 Å². The first kappa shape index (κ1) is 24.9. The minimum atomic E-state index is -5.08. The Labute approximate surface area is 196 Å². The summed E-state index contributed by atoms with van der Waals surface area (Å²) in [5.74, 6) is -2.69. The molecule has 3 heterocycles. The van der Waals surface area contributed by atoms with Gasteiger partial charge in [0.1, 0.15) is 11.3 Å². The van der Waals surface area contributed by atoms with Crippen molar-refractivity contribution in [3.63, 3.8) is 0 Å². The predicted octanol–water partition coefficient (Wildman–Crippen LogP) is 5.99. The Kier molecular flexibility index (Phi) is 7.67. The molecule has 7 nitrogen and oxygen atoms in total. The molecule has 0 spiro atoms. The molecule has 4 rings (SSSR count). The number of pyridine rings is 1. The van der Waals surface area contributed by atoms with Crippen LogP contribution >= 0.6 is 11.3 Å². The van der Waals surface area contributed by atoms with E-state index in [0.29, 0.717) is 5.56 Å². The van der Waals surface area contributed by atoms with E-state index in [2.05, 4.69) is 22.0 Å². The molecular weight excluding hydrogens is 469 g/mol. The van der Waals surface area contributed by atoms with E-state index in [1.165, 1.54) is 0 Å². The Morgan fingerprint density at radius 2 is 1.79 bits per heavy atom. The van der Waals surface area contributed by atoms with Crippen LogP contribution in [0.1, 0.15) is 36.3 Å². The lowest BCUT2D eigenvalue weighted by Crippen LogP contribution is -2.21. The fourth-order valence-corrected chi connectivity index (χ4v) is 3.79. The molecule has 178 valence electrons. The fourth-order valence-electron chi connectivity index (χ4n) is 3.08. The number of carbonyl (C=O) groups is 2. The SMILES string of the molecule is CCCc1nc2ccccn2c1-c1csc(Nc2ccc(C(C)=O)cc2)n1.O=C(O)C(F)(F)F. The molecule has 0 unspecified atom stereocenters. The molecule has 0 fully saturated rings. The summed E-state index contributed by atoms with van der Waals surface area (Å²) in [4.78, 5) is 29.9. The molecule has 0 bridgehead atoms. The first-order valence-electron chi connectivity index (χ1n) is 10.2. The van der Waals surface area contributed by atoms with Crippen molar-refractivity contribution in [1.29, 1.82) is 0 Å². The summed E-state index contributed by atoms with van der Waals surface area (Å²) in [5.41, 5.74) is 5.61. The van der Waals surface area contributed by atoms with E-state index >= 15 is 0 Å². The van der Waals surface area contributed by atoms with Crippen LogP contribution in [0.2, 0.25) is 0 Å². The number of aromatic nitrogens is 3. The molecule has 0 atom stereocenters. The summed E-state index contributed by atoms with van der Waals surface area (Å²) >= 11 is 1.56. The number of ketones is 1. The number of hydrogen-bond acceptors (Lipinski definition) is 6. The Morgan fingerprint density at radius 1 is 1.12 bits per heavy atom. The van der Waals surface area contributed by atoms with E-state index in [0.717, 1.165) is 46.4 Å². The molecule has 0 radical (unpaired) electrons. The topological polar surface area (TPSA) is 96.6 Å². The highest BCUT2D eigenvalue weighted by atomic mass is 32.1. The van der Waals surface area contributed by atoms with Crippen molar-refractivity contribution in [1.82, 2.24) is 14.4 Å². The van der Waals surface area contributed by atoms with Gasteiger partial charge in [0.25, 0.3) is 0 Å². The Morgan fingerprint density at radius 3 is 2.38 bits per heavy atom. The summed E-state index contributed by atoms with van der Waals surface area (Å²) in [6.45, 7) is 3.73. The normalized spacial score (nSPS) is 11.1. The van der Waals surface area contributed by atoms with E-state index in [1.807, 2.05) is 48.7 Å². The lowest BCUT2D eigenvalue weighted by atomic mass is 10.1. The summed E-state index contributed by atoms with van der Waals surface area (Å²) in [5, 5.41) is 13.3. The van der Waals surface area contributed by atoms with E-state index < -0.39 is 12.1 Å². The zero-order valence-corrected chi connectivity index (χ0v) is 19.1. The van der Waals surface area contributed by atoms with Gasteiger partial charge in [0.2, 0.25) is 0 Å². The van der Waals surface area contributed by atoms with Gasteiger partial charge in [-0.3, -0.25) is 9.20 Å². The van der Waals surface area contributed by atoms with Crippen molar-refractivity contribution in [2.45, 2.75) is 32.9 Å². The van der Waals surface area contributed by atoms with Gasteiger partial charge in [-0.2, -0.15) is 13.2 Å². The van der Waals surface area contributed by atoms with Crippen LogP contribution in [0.25, 0.3) is 17.0 Å². The molecule has 2 N–H and O–H groups in total. The van der Waals surface area contributed by atoms with Gasteiger partial charge in [-0.05, 0) is 49.7 Å². The number of aliphatic carboxylic acids is 1. The number of rotatable bonds is 6. The third kappa shape index (κ3) is 5.98. The van der Waals surface area contributed by atoms with Gasteiger partial charge in [0, 0.05) is 22.8 Å². The highest BCUT2D eigenvalue weighted by Crippen LogP contribution is 2.30. The number of hydrogen-bond donors (Lipinski definition) is 2. The monoisotopic (exact) mass is 490 g/mol. The summed E-state index contributed by atoms with van der Waals surface area (Å²) < 4.78 is 33.8. The van der Waals surface area contributed by atoms with Crippen LogP contribution in [0.3, 0.4) is 0 Å². The molecule has 0 aliphatic rings. The number of imidazole rings is 1. The molecule has 3 aromatic heterocycles. The van der Waals surface area contributed by atoms with Crippen molar-refractivity contribution in [2.75, 3.05) is 5.32 Å². The summed E-state index contributed by atoms with van der Waals surface area (Å²) in [6, 6.07) is 13.5. The maximum absolute atomic E-state index is 11.4. The predicted molar refractivity (Wildman–Crippen MR) is 124 cm³/mol. The number of Topliss-reactive ketones (excluding diaryl/α,β-unsaturated/α-hetero) is 1. The maximum atomic E-state index is 11.4. The third-order valence-electron chi connectivity index (χ3n) is 4.62. The molecule has 4 aromatic rings. The molecule has 0 saturated carbocycles. The van der Waals surface area contributed by atoms with Gasteiger partial charge >= 0.3 is 12.1 Å². The maximum Gasteiger partial charge on any atom is 0.490 e. The lowest BCUT2D eigenvalue weighted by Gasteiger charge is -2.04. The van der Waals surface area contributed by atoms with Crippen molar-refractivity contribution in [3.05, 3.63) is 65.3 Å². The van der Waals surface area contributed by atoms with Crippen LogP contribution < -0.4 is 5.32 Å². The van der Waals surface area contributed by atoms with E-state index in [-0.39, 0.29) is 5.78 Å². The van der Waals surface area contributed by atoms with Crippen LogP contribution in [0, 0.1) is 0 Å². The van der Waals surface area contributed by atoms with Crippen LogP contribution in [-0.2, 0) is 11.2 Å². The second-order valence-electron chi connectivity index (χ2n) is 7.19. The van der Waals surface area contributed by atoms with Crippen molar-refractivity contribution in [3.8, 4) is 11.4 Å². The average Bonchev–Trinajstić information content (AvgIpc) is 3.38. The summed E-state index contributed by atoms with van der Waals surface area (Å²) in [6.07, 6.45) is -1.10.